The highest BCUT2D eigenvalue weighted by molar-refractivity contribution is 4.06. The van der Waals surface area contributed by atoms with Crippen molar-refractivity contribution in [3.05, 3.63) is 0 Å². The van der Waals surface area contributed by atoms with E-state index in [0.29, 0.717) is 0 Å². The summed E-state index contributed by atoms with van der Waals surface area (Å²) in [7, 11) is 0. The largest absolute Gasteiger partial charge is 0.394 e. The molecule has 0 aromatic rings. The van der Waals surface area contributed by atoms with Crippen LogP contribution in [-0.2, 0) is 0 Å². The fourth-order valence-corrected chi connectivity index (χ4v) is 0. The summed E-state index contributed by atoms with van der Waals surface area (Å²) in [5, 5.41) is 15.5. The van der Waals surface area contributed by atoms with Crippen molar-refractivity contribution in [3.63, 3.8) is 0 Å². The van der Waals surface area contributed by atoms with Crippen molar-refractivity contribution in [2.24, 2.45) is 0 Å². The van der Waals surface area contributed by atoms with E-state index in [0.717, 1.165) is 0 Å². The van der Waals surface area contributed by atoms with E-state index in [1.54, 1.807) is 0 Å². The minimum atomic E-state index is -1.31. The maximum absolute atomic E-state index is 7.78. The van der Waals surface area contributed by atoms with Gasteiger partial charge < -0.3 is 10.2 Å². The van der Waals surface area contributed by atoms with E-state index in [1.807, 2.05) is 0 Å². The summed E-state index contributed by atoms with van der Waals surface area (Å²) >= 11 is 0. The molecule has 0 saturated heterocycles. The first-order valence-corrected chi connectivity index (χ1v) is 0.983. The van der Waals surface area contributed by atoms with E-state index in [4.69, 9.17) is 11.6 Å². The molecule has 0 rings (SSSR count). The average Bonchev–Trinajstić information content (AvgIpc) is 1.38. The highest BCUT2D eigenvalue weighted by atomic mass is 16.3. The molecule has 0 bridgehead atoms. The second kappa shape index (κ2) is 2.92. The maximum Gasteiger partial charge on any atom is 0.0662 e. The topological polar surface area (TPSA) is 40.5 Å². The molecule has 0 aliphatic heterocycles. The van der Waals surface area contributed by atoms with Gasteiger partial charge in [-0.2, -0.15) is 0 Å². The summed E-state index contributed by atoms with van der Waals surface area (Å²) in [5.41, 5.74) is 0. The summed E-state index contributed by atoms with van der Waals surface area (Å²) in [6, 6.07) is 0. The Hall–Kier alpha value is -0.0800. The third-order valence-corrected chi connectivity index (χ3v) is 0.0816. The van der Waals surface area contributed by atoms with Crippen LogP contribution in [0.4, 0.5) is 0 Å². The SMILES string of the molecule is [3H]C(O)CO. The molecule has 0 saturated carbocycles. The van der Waals surface area contributed by atoms with Crippen molar-refractivity contribution in [1.29, 1.82) is 0 Å². The molecule has 1 atom stereocenters. The Kier molecular flexibility index (Phi) is 1.59. The van der Waals surface area contributed by atoms with Crippen molar-refractivity contribution in [1.82, 2.24) is 0 Å². The summed E-state index contributed by atoms with van der Waals surface area (Å²) in [5.74, 6) is 0. The Morgan fingerprint density at radius 3 is 2.00 bits per heavy atom. The van der Waals surface area contributed by atoms with Crippen LogP contribution in [0.25, 0.3) is 0 Å². The number of hydrogen-bond acceptors (Lipinski definition) is 2. The smallest absolute Gasteiger partial charge is 0.0662 e. The third kappa shape index (κ3) is 1.92. The average molecular weight is 64.1 g/mol. The second-order valence-electron chi connectivity index (χ2n) is 0.365. The van der Waals surface area contributed by atoms with Gasteiger partial charge in [-0.25, -0.2) is 0 Å². The van der Waals surface area contributed by atoms with Crippen molar-refractivity contribution in [2.75, 3.05) is 13.2 Å². The van der Waals surface area contributed by atoms with Gasteiger partial charge >= 0.3 is 0 Å². The molecular weight excluding hydrogens is 56.0 g/mol. The zero-order chi connectivity index (χ0) is 4.28. The number of aliphatic hydroxyl groups is 2. The molecule has 0 heterocycles. The molecule has 0 aliphatic carbocycles. The standard InChI is InChI=1S/C2H6O2/c3-1-2-4/h3-4H,1-2H2/i1T. The molecule has 2 heteroatoms. The zero-order valence-corrected chi connectivity index (χ0v) is 2.18. The Morgan fingerprint density at radius 2 is 2.00 bits per heavy atom. The summed E-state index contributed by atoms with van der Waals surface area (Å²) in [6.07, 6.45) is 0. The lowest BCUT2D eigenvalue weighted by atomic mass is 10.8. The van der Waals surface area contributed by atoms with Crippen LogP contribution in [0.2, 0.25) is 0 Å². The van der Waals surface area contributed by atoms with E-state index >= 15 is 0 Å². The normalized spacial score (nSPS) is 19.0. The minimum Gasteiger partial charge on any atom is -0.394 e. The van der Waals surface area contributed by atoms with Gasteiger partial charge in [-0.3, -0.25) is 0 Å². The van der Waals surface area contributed by atoms with E-state index in [-0.39, 0.29) is 0 Å². The Morgan fingerprint density at radius 1 is 1.75 bits per heavy atom. The van der Waals surface area contributed by atoms with Crippen molar-refractivity contribution < 1.29 is 11.6 Å². The summed E-state index contributed by atoms with van der Waals surface area (Å²) in [4.78, 5) is 0. The Labute approximate surface area is 26.1 Å². The summed E-state index contributed by atoms with van der Waals surface area (Å²) in [6.45, 7) is -1.78. The van der Waals surface area contributed by atoms with Gasteiger partial charge in [-0.1, -0.05) is 0 Å². The minimum absolute atomic E-state index is 0.472. The quantitative estimate of drug-likeness (QED) is 0.409. The fraction of sp³-hybridized carbons (Fsp3) is 1.00. The molecule has 2 N–H and O–H groups in total. The van der Waals surface area contributed by atoms with Crippen LogP contribution < -0.4 is 0 Å². The Bertz CT molecular complexity index is 21.6. The van der Waals surface area contributed by atoms with E-state index < -0.39 is 13.2 Å². The van der Waals surface area contributed by atoms with Crippen molar-refractivity contribution >= 4 is 0 Å². The maximum atomic E-state index is 7.78. The molecule has 26 valence electrons. The fourth-order valence-electron chi connectivity index (χ4n) is 0. The first-order chi connectivity index (χ1) is 2.27. The molecule has 0 radical (unpaired) electrons. The van der Waals surface area contributed by atoms with Crippen LogP contribution in [0.1, 0.15) is 1.37 Å². The van der Waals surface area contributed by atoms with E-state index in [2.05, 4.69) is 0 Å². The molecule has 0 aromatic carbocycles. The number of rotatable bonds is 1. The van der Waals surface area contributed by atoms with Crippen LogP contribution in [-0.4, -0.2) is 23.4 Å². The number of hydrogen-bond donors (Lipinski definition) is 2. The van der Waals surface area contributed by atoms with Gasteiger partial charge in [0.2, 0.25) is 0 Å². The van der Waals surface area contributed by atoms with Gasteiger partial charge in [-0.15, -0.1) is 0 Å². The molecule has 0 fully saturated rings. The van der Waals surface area contributed by atoms with E-state index in [1.165, 1.54) is 0 Å². The molecular formula is C2H6O2. The molecule has 0 aliphatic rings. The van der Waals surface area contributed by atoms with Crippen molar-refractivity contribution in [3.8, 4) is 0 Å². The van der Waals surface area contributed by atoms with Gasteiger partial charge in [-0.05, 0) is 0 Å². The van der Waals surface area contributed by atoms with Crippen LogP contribution in [0, 0.1) is 0 Å². The predicted octanol–water partition coefficient (Wildman–Crippen LogP) is -1.03. The van der Waals surface area contributed by atoms with Crippen LogP contribution in [0.5, 0.6) is 0 Å². The molecule has 4 heavy (non-hydrogen) atoms. The lowest BCUT2D eigenvalue weighted by molar-refractivity contribution is 0.186. The molecule has 2 nitrogen and oxygen atoms in total. The number of aliphatic hydroxyl groups excluding tert-OH is 2. The van der Waals surface area contributed by atoms with E-state index in [9.17, 15) is 0 Å². The monoisotopic (exact) mass is 64.0 g/mol. The molecule has 0 spiro atoms. The van der Waals surface area contributed by atoms with Gasteiger partial charge in [0.05, 0.1) is 14.6 Å². The van der Waals surface area contributed by atoms with Gasteiger partial charge in [0.25, 0.3) is 0 Å². The second-order valence-corrected chi connectivity index (χ2v) is 0.365. The third-order valence-electron chi connectivity index (χ3n) is 0.0816. The van der Waals surface area contributed by atoms with Crippen molar-refractivity contribution in [2.45, 2.75) is 0 Å². The van der Waals surface area contributed by atoms with Crippen LogP contribution >= 0.6 is 0 Å². The van der Waals surface area contributed by atoms with Crippen LogP contribution in [0.3, 0.4) is 0 Å². The van der Waals surface area contributed by atoms with Gasteiger partial charge in [0.15, 0.2) is 0 Å². The molecule has 0 amide bonds. The van der Waals surface area contributed by atoms with Crippen LogP contribution in [0.15, 0.2) is 0 Å². The highest BCUT2D eigenvalue weighted by Gasteiger charge is 1.58. The lowest BCUT2D eigenvalue weighted by Gasteiger charge is -1.70. The first-order valence-electron chi connectivity index (χ1n) is 1.56. The van der Waals surface area contributed by atoms with Gasteiger partial charge in [0.1, 0.15) is 0 Å². The molecule has 1 unspecified atom stereocenters. The first kappa shape index (κ1) is 2.18. The summed E-state index contributed by atoms with van der Waals surface area (Å²) < 4.78 is 6.13. The molecule has 0 aromatic heterocycles. The highest BCUT2D eigenvalue weighted by Crippen LogP contribution is 1.39. The zero-order valence-electron chi connectivity index (χ0n) is 3.18. The lowest BCUT2D eigenvalue weighted by Crippen LogP contribution is -1.85. The Balaban J connectivity index is 2.54. The van der Waals surface area contributed by atoms with Gasteiger partial charge in [0, 0.05) is 0 Å². The predicted molar refractivity (Wildman–Crippen MR) is 14.2 cm³/mol.